The standard InChI is InChI=1S/C20H21N5O3/c1-27-18-7-13-6-14(20(26)22-17(13)9-19(18)28-2)11-24-4-3-5-25-16(12-24)8-15(10-21)23-25/h6-9H,3-5,11-12H2,1-2H3,(H,22,26). The summed E-state index contributed by atoms with van der Waals surface area (Å²) in [4.78, 5) is 17.8. The molecule has 1 aromatic carbocycles. The maximum atomic E-state index is 12.6. The molecule has 0 spiro atoms. The van der Waals surface area contributed by atoms with Crippen LogP contribution in [0.2, 0.25) is 0 Å². The van der Waals surface area contributed by atoms with Gasteiger partial charge < -0.3 is 14.5 Å². The molecule has 0 aliphatic carbocycles. The molecule has 1 N–H and O–H groups in total. The monoisotopic (exact) mass is 379 g/mol. The van der Waals surface area contributed by atoms with Crippen molar-refractivity contribution < 1.29 is 9.47 Å². The first kappa shape index (κ1) is 18.1. The highest BCUT2D eigenvalue weighted by Crippen LogP contribution is 2.31. The smallest absolute Gasteiger partial charge is 0.252 e. The minimum absolute atomic E-state index is 0.116. The Bertz CT molecular complexity index is 1130. The Morgan fingerprint density at radius 3 is 2.71 bits per heavy atom. The Hall–Kier alpha value is -3.31. The van der Waals surface area contributed by atoms with Crippen molar-refractivity contribution in [1.82, 2.24) is 19.7 Å². The van der Waals surface area contributed by atoms with E-state index in [1.807, 2.05) is 22.9 Å². The predicted octanol–water partition coefficient (Wildman–Crippen LogP) is 2.02. The maximum absolute atomic E-state index is 12.6. The lowest BCUT2D eigenvalue weighted by atomic mass is 10.1. The van der Waals surface area contributed by atoms with Gasteiger partial charge in [0.05, 0.1) is 25.4 Å². The minimum Gasteiger partial charge on any atom is -0.493 e. The number of aromatic nitrogens is 3. The summed E-state index contributed by atoms with van der Waals surface area (Å²) in [6, 6.07) is 9.45. The number of nitrogens with zero attached hydrogens (tertiary/aromatic N) is 4. The van der Waals surface area contributed by atoms with Gasteiger partial charge in [-0.1, -0.05) is 0 Å². The third kappa shape index (κ3) is 3.32. The highest BCUT2D eigenvalue weighted by molar-refractivity contribution is 5.83. The maximum Gasteiger partial charge on any atom is 0.252 e. The molecule has 0 atom stereocenters. The fourth-order valence-corrected chi connectivity index (χ4v) is 3.65. The van der Waals surface area contributed by atoms with E-state index in [1.54, 1.807) is 20.3 Å². The van der Waals surface area contributed by atoms with Crippen LogP contribution in [-0.4, -0.2) is 40.4 Å². The van der Waals surface area contributed by atoms with Gasteiger partial charge in [0, 0.05) is 43.2 Å². The second-order valence-corrected chi connectivity index (χ2v) is 6.84. The average molecular weight is 379 g/mol. The molecule has 4 rings (SSSR count). The molecule has 0 bridgehead atoms. The summed E-state index contributed by atoms with van der Waals surface area (Å²) in [5.74, 6) is 1.20. The number of ether oxygens (including phenoxy) is 2. The van der Waals surface area contributed by atoms with Crippen LogP contribution in [0.15, 0.2) is 29.1 Å². The molecule has 0 saturated heterocycles. The Morgan fingerprint density at radius 1 is 1.18 bits per heavy atom. The number of benzene rings is 1. The van der Waals surface area contributed by atoms with Crippen molar-refractivity contribution in [1.29, 1.82) is 5.26 Å². The van der Waals surface area contributed by atoms with E-state index in [-0.39, 0.29) is 5.56 Å². The van der Waals surface area contributed by atoms with Gasteiger partial charge in [-0.15, -0.1) is 0 Å². The second-order valence-electron chi connectivity index (χ2n) is 6.84. The van der Waals surface area contributed by atoms with Crippen LogP contribution in [0.5, 0.6) is 11.5 Å². The zero-order valence-electron chi connectivity index (χ0n) is 15.9. The number of hydrogen-bond donors (Lipinski definition) is 1. The van der Waals surface area contributed by atoms with Crippen LogP contribution < -0.4 is 15.0 Å². The van der Waals surface area contributed by atoms with Crippen molar-refractivity contribution in [3.63, 3.8) is 0 Å². The van der Waals surface area contributed by atoms with Gasteiger partial charge in [0.1, 0.15) is 6.07 Å². The molecule has 0 fully saturated rings. The van der Waals surface area contributed by atoms with Crippen LogP contribution in [0.4, 0.5) is 0 Å². The van der Waals surface area contributed by atoms with Gasteiger partial charge in [-0.2, -0.15) is 10.4 Å². The van der Waals surface area contributed by atoms with Crippen LogP contribution in [0.1, 0.15) is 23.4 Å². The summed E-state index contributed by atoms with van der Waals surface area (Å²) in [5.41, 5.74) is 2.71. The number of rotatable bonds is 4. The second kappa shape index (κ2) is 7.37. The minimum atomic E-state index is -0.116. The van der Waals surface area contributed by atoms with Crippen molar-refractivity contribution in [3.8, 4) is 17.6 Å². The van der Waals surface area contributed by atoms with Crippen molar-refractivity contribution >= 4 is 10.9 Å². The quantitative estimate of drug-likeness (QED) is 0.745. The number of H-pyrrole nitrogens is 1. The topological polar surface area (TPSA) is 96.2 Å². The summed E-state index contributed by atoms with van der Waals surface area (Å²) < 4.78 is 12.6. The number of fused-ring (bicyclic) bond motifs is 2. The van der Waals surface area contributed by atoms with Crippen LogP contribution in [0, 0.1) is 11.3 Å². The molecule has 2 aromatic heterocycles. The summed E-state index contributed by atoms with van der Waals surface area (Å²) in [7, 11) is 3.16. The van der Waals surface area contributed by atoms with Crippen LogP contribution in [-0.2, 0) is 19.6 Å². The van der Waals surface area contributed by atoms with Gasteiger partial charge in [-0.25, -0.2) is 0 Å². The normalized spacial score (nSPS) is 14.3. The van der Waals surface area contributed by atoms with E-state index in [2.05, 4.69) is 21.1 Å². The van der Waals surface area contributed by atoms with Gasteiger partial charge in [-0.3, -0.25) is 14.4 Å². The fourth-order valence-electron chi connectivity index (χ4n) is 3.65. The van der Waals surface area contributed by atoms with Gasteiger partial charge in [0.15, 0.2) is 17.2 Å². The summed E-state index contributed by atoms with van der Waals surface area (Å²) in [5, 5.41) is 14.3. The number of nitrogens with one attached hydrogen (secondary N) is 1. The zero-order chi connectivity index (χ0) is 19.7. The third-order valence-corrected chi connectivity index (χ3v) is 5.03. The number of aryl methyl sites for hydroxylation is 1. The molecule has 1 aliphatic heterocycles. The zero-order valence-corrected chi connectivity index (χ0v) is 15.9. The molecule has 28 heavy (non-hydrogen) atoms. The van der Waals surface area contributed by atoms with E-state index in [4.69, 9.17) is 14.7 Å². The van der Waals surface area contributed by atoms with E-state index in [0.29, 0.717) is 41.4 Å². The Kier molecular flexibility index (Phi) is 4.75. The lowest BCUT2D eigenvalue weighted by Gasteiger charge is -2.19. The van der Waals surface area contributed by atoms with E-state index in [0.717, 1.165) is 30.6 Å². The fraction of sp³-hybridized carbons (Fsp3) is 0.350. The van der Waals surface area contributed by atoms with E-state index in [1.165, 1.54) is 0 Å². The van der Waals surface area contributed by atoms with Crippen molar-refractivity contribution in [3.05, 3.63) is 51.6 Å². The highest BCUT2D eigenvalue weighted by Gasteiger charge is 2.18. The predicted molar refractivity (Wildman–Crippen MR) is 103 cm³/mol. The number of aromatic amines is 1. The number of hydrogen-bond acceptors (Lipinski definition) is 6. The first-order valence-corrected chi connectivity index (χ1v) is 9.08. The number of nitriles is 1. The molecular weight excluding hydrogens is 358 g/mol. The number of pyridine rings is 1. The first-order chi connectivity index (χ1) is 13.6. The molecule has 3 aromatic rings. The number of methoxy groups -OCH3 is 2. The highest BCUT2D eigenvalue weighted by atomic mass is 16.5. The molecule has 3 heterocycles. The molecule has 8 nitrogen and oxygen atoms in total. The van der Waals surface area contributed by atoms with Crippen molar-refractivity contribution in [2.24, 2.45) is 0 Å². The molecule has 0 amide bonds. The van der Waals surface area contributed by atoms with E-state index < -0.39 is 0 Å². The molecule has 0 unspecified atom stereocenters. The molecule has 144 valence electrons. The van der Waals surface area contributed by atoms with Gasteiger partial charge in [-0.05, 0) is 24.6 Å². The Morgan fingerprint density at radius 2 is 1.96 bits per heavy atom. The van der Waals surface area contributed by atoms with Gasteiger partial charge >= 0.3 is 0 Å². The van der Waals surface area contributed by atoms with Crippen molar-refractivity contribution in [2.45, 2.75) is 26.1 Å². The van der Waals surface area contributed by atoms with Crippen LogP contribution in [0.25, 0.3) is 10.9 Å². The van der Waals surface area contributed by atoms with Gasteiger partial charge in [0.2, 0.25) is 0 Å². The van der Waals surface area contributed by atoms with Crippen LogP contribution in [0.3, 0.4) is 0 Å². The third-order valence-electron chi connectivity index (χ3n) is 5.03. The first-order valence-electron chi connectivity index (χ1n) is 9.08. The Balaban J connectivity index is 1.64. The molecule has 0 radical (unpaired) electrons. The molecule has 1 aliphatic rings. The summed E-state index contributed by atoms with van der Waals surface area (Å²) in [6.07, 6.45) is 0.913. The van der Waals surface area contributed by atoms with E-state index in [9.17, 15) is 4.79 Å². The Labute approximate surface area is 161 Å². The summed E-state index contributed by atoms with van der Waals surface area (Å²) >= 11 is 0. The van der Waals surface area contributed by atoms with Gasteiger partial charge in [0.25, 0.3) is 5.56 Å². The lowest BCUT2D eigenvalue weighted by molar-refractivity contribution is 0.260. The molecule has 0 saturated carbocycles. The van der Waals surface area contributed by atoms with Crippen LogP contribution >= 0.6 is 0 Å². The van der Waals surface area contributed by atoms with E-state index >= 15 is 0 Å². The lowest BCUT2D eigenvalue weighted by Crippen LogP contribution is -2.26. The molecular formula is C20H21N5O3. The SMILES string of the molecule is COc1cc2cc(CN3CCCn4nc(C#N)cc4C3)c(=O)[nH]c2cc1OC. The van der Waals surface area contributed by atoms with Crippen molar-refractivity contribution in [2.75, 3.05) is 20.8 Å². The average Bonchev–Trinajstić information content (AvgIpc) is 2.99. The summed E-state index contributed by atoms with van der Waals surface area (Å²) in [6.45, 7) is 2.80. The largest absolute Gasteiger partial charge is 0.493 e. The molecule has 8 heteroatoms.